The predicted octanol–water partition coefficient (Wildman–Crippen LogP) is 3.77. The Kier molecular flexibility index (Phi) is 6.01. The Morgan fingerprint density at radius 2 is 1.89 bits per heavy atom. The highest BCUT2D eigenvalue weighted by Crippen LogP contribution is 2.29. The summed E-state index contributed by atoms with van der Waals surface area (Å²) in [4.78, 5) is 27.4. The van der Waals surface area contributed by atoms with Crippen LogP contribution >= 0.6 is 23.2 Å². The number of halogens is 2. The van der Waals surface area contributed by atoms with Crippen molar-refractivity contribution in [3.05, 3.63) is 51.4 Å². The Bertz CT molecular complexity index is 879. The van der Waals surface area contributed by atoms with Crippen LogP contribution in [0.1, 0.15) is 32.6 Å². The number of hydrogen-bond acceptors (Lipinski definition) is 4. The van der Waals surface area contributed by atoms with Crippen LogP contribution in [-0.2, 0) is 0 Å². The average Bonchev–Trinajstić information content (AvgIpc) is 3.04. The predicted molar refractivity (Wildman–Crippen MR) is 105 cm³/mol. The molecule has 3 rings (SSSR count). The van der Waals surface area contributed by atoms with Crippen LogP contribution in [0.15, 0.2) is 35.6 Å². The van der Waals surface area contributed by atoms with E-state index in [0.717, 1.165) is 35.0 Å². The second kappa shape index (κ2) is 8.27. The summed E-state index contributed by atoms with van der Waals surface area (Å²) in [5.74, 6) is 0.487. The van der Waals surface area contributed by atoms with E-state index in [9.17, 15) is 9.59 Å². The first-order valence-electron chi connectivity index (χ1n) is 8.90. The van der Waals surface area contributed by atoms with E-state index in [1.54, 1.807) is 23.1 Å². The van der Waals surface area contributed by atoms with E-state index in [1.807, 2.05) is 13.0 Å². The maximum atomic E-state index is 12.9. The van der Waals surface area contributed by atoms with Crippen LogP contribution in [0.5, 0.6) is 0 Å². The van der Waals surface area contributed by atoms with Crippen molar-refractivity contribution in [3.8, 4) is 5.69 Å². The van der Waals surface area contributed by atoms with Crippen molar-refractivity contribution in [1.82, 2.24) is 24.7 Å². The smallest absolute Gasteiger partial charge is 0.320 e. The zero-order valence-corrected chi connectivity index (χ0v) is 16.5. The molecule has 27 heavy (non-hydrogen) atoms. The molecule has 0 N–H and O–H groups in total. The molecular weight excluding hydrogens is 389 g/mol. The van der Waals surface area contributed by atoms with E-state index in [-0.39, 0.29) is 21.8 Å². The van der Waals surface area contributed by atoms with Gasteiger partial charge >= 0.3 is 11.7 Å². The lowest BCUT2D eigenvalue weighted by Crippen LogP contribution is -2.47. The van der Waals surface area contributed by atoms with Crippen molar-refractivity contribution in [2.75, 3.05) is 6.54 Å². The fourth-order valence-electron chi connectivity index (χ4n) is 3.52. The number of carbonyl (C=O) groups is 1. The van der Waals surface area contributed by atoms with E-state index >= 15 is 0 Å². The summed E-state index contributed by atoms with van der Waals surface area (Å²) in [5, 5.41) is 8.06. The number of allylic oxidation sites excluding steroid dienone is 1. The SMILES string of the molecule is C=CC1CCC(N(CC)C(=O)n2nnn(-c3c(Cl)cccc3Cl)c2=O)CC1. The van der Waals surface area contributed by atoms with Gasteiger partial charge in [0.1, 0.15) is 5.69 Å². The molecule has 0 saturated heterocycles. The molecule has 144 valence electrons. The summed E-state index contributed by atoms with van der Waals surface area (Å²) in [6, 6.07) is 4.42. The fraction of sp³-hybridized carbons (Fsp3) is 0.444. The van der Waals surface area contributed by atoms with Gasteiger partial charge in [0.2, 0.25) is 0 Å². The molecule has 1 amide bonds. The topological polar surface area (TPSA) is 73.0 Å². The Labute approximate surface area is 167 Å². The Hall–Kier alpha value is -2.12. The molecule has 0 bridgehead atoms. The number of benzene rings is 1. The van der Waals surface area contributed by atoms with Crippen molar-refractivity contribution >= 4 is 29.2 Å². The molecule has 1 aliphatic carbocycles. The molecule has 1 aromatic heterocycles. The molecule has 2 aromatic rings. The summed E-state index contributed by atoms with van der Waals surface area (Å²) in [6.45, 7) is 6.21. The van der Waals surface area contributed by atoms with Crippen LogP contribution < -0.4 is 5.69 Å². The number of tetrazole rings is 1. The van der Waals surface area contributed by atoms with Crippen LogP contribution in [0.25, 0.3) is 5.69 Å². The molecule has 1 aliphatic rings. The molecule has 0 atom stereocenters. The standard InChI is InChI=1S/C18H21Cl2N5O2/c1-3-12-8-10-13(11-9-12)23(4-2)17(26)25-18(27)24(21-22-25)16-14(19)6-5-7-15(16)20/h3,5-7,12-13H,1,4,8-11H2,2H3. The van der Waals surface area contributed by atoms with Crippen LogP contribution in [0.2, 0.25) is 10.0 Å². The number of aromatic nitrogens is 4. The van der Waals surface area contributed by atoms with Crippen molar-refractivity contribution in [2.24, 2.45) is 5.92 Å². The van der Waals surface area contributed by atoms with Crippen molar-refractivity contribution in [2.45, 2.75) is 38.6 Å². The van der Waals surface area contributed by atoms with Gasteiger partial charge in [0.05, 0.1) is 10.0 Å². The third kappa shape index (κ3) is 3.80. The largest absolute Gasteiger partial charge is 0.377 e. The Balaban J connectivity index is 1.88. The first-order chi connectivity index (χ1) is 13.0. The second-order valence-electron chi connectivity index (χ2n) is 6.53. The van der Waals surface area contributed by atoms with Gasteiger partial charge in [-0.3, -0.25) is 0 Å². The summed E-state index contributed by atoms with van der Waals surface area (Å²) < 4.78 is 1.72. The monoisotopic (exact) mass is 409 g/mol. The lowest BCUT2D eigenvalue weighted by atomic mass is 9.85. The third-order valence-corrected chi connectivity index (χ3v) is 5.62. The number of rotatable bonds is 4. The highest BCUT2D eigenvalue weighted by molar-refractivity contribution is 6.37. The van der Waals surface area contributed by atoms with Crippen molar-refractivity contribution in [3.63, 3.8) is 0 Å². The molecule has 1 fully saturated rings. The lowest BCUT2D eigenvalue weighted by Gasteiger charge is -2.35. The summed E-state index contributed by atoms with van der Waals surface area (Å²) in [5.41, 5.74) is -0.493. The number of nitrogens with zero attached hydrogens (tertiary/aromatic N) is 5. The highest BCUT2D eigenvalue weighted by atomic mass is 35.5. The van der Waals surface area contributed by atoms with Gasteiger partial charge in [0.25, 0.3) is 0 Å². The van der Waals surface area contributed by atoms with Crippen molar-refractivity contribution in [1.29, 1.82) is 0 Å². The van der Waals surface area contributed by atoms with E-state index in [1.165, 1.54) is 0 Å². The number of hydrogen-bond donors (Lipinski definition) is 0. The van der Waals surface area contributed by atoms with E-state index in [2.05, 4.69) is 17.0 Å². The van der Waals surface area contributed by atoms with E-state index in [4.69, 9.17) is 23.2 Å². The molecule has 0 unspecified atom stereocenters. The quantitative estimate of drug-likeness (QED) is 0.568. The number of para-hydroxylation sites is 1. The Morgan fingerprint density at radius 3 is 2.44 bits per heavy atom. The minimum absolute atomic E-state index is 0.0691. The Morgan fingerprint density at radius 1 is 1.26 bits per heavy atom. The number of carbonyl (C=O) groups excluding carboxylic acids is 1. The molecule has 7 nitrogen and oxygen atoms in total. The molecule has 9 heteroatoms. The molecule has 1 saturated carbocycles. The van der Waals surface area contributed by atoms with Crippen LogP contribution in [0, 0.1) is 5.92 Å². The first kappa shape index (κ1) is 19.6. The van der Waals surface area contributed by atoms with Gasteiger partial charge in [-0.1, -0.05) is 35.3 Å². The zero-order chi connectivity index (χ0) is 19.6. The normalized spacial score (nSPS) is 19.7. The molecule has 0 radical (unpaired) electrons. The van der Waals surface area contributed by atoms with Crippen LogP contribution in [0.3, 0.4) is 0 Å². The van der Waals surface area contributed by atoms with Gasteiger partial charge < -0.3 is 4.90 Å². The number of amides is 1. The van der Waals surface area contributed by atoms with E-state index < -0.39 is 11.7 Å². The van der Waals surface area contributed by atoms with Gasteiger partial charge in [-0.25, -0.2) is 9.59 Å². The molecule has 1 aromatic carbocycles. The summed E-state index contributed by atoms with van der Waals surface area (Å²) in [6.07, 6.45) is 5.67. The second-order valence-corrected chi connectivity index (χ2v) is 7.34. The van der Waals surface area contributed by atoms with Crippen LogP contribution in [-0.4, -0.2) is 43.3 Å². The lowest BCUT2D eigenvalue weighted by molar-refractivity contribution is 0.150. The molecule has 1 heterocycles. The van der Waals surface area contributed by atoms with Gasteiger partial charge in [-0.15, -0.1) is 11.3 Å². The van der Waals surface area contributed by atoms with Crippen LogP contribution in [0.4, 0.5) is 4.79 Å². The fourth-order valence-corrected chi connectivity index (χ4v) is 4.08. The van der Waals surface area contributed by atoms with Gasteiger partial charge in [-0.05, 0) is 61.1 Å². The first-order valence-corrected chi connectivity index (χ1v) is 9.66. The van der Waals surface area contributed by atoms with Gasteiger partial charge in [0, 0.05) is 12.6 Å². The maximum absolute atomic E-state index is 12.9. The minimum atomic E-state index is -0.701. The zero-order valence-electron chi connectivity index (χ0n) is 15.0. The highest BCUT2D eigenvalue weighted by Gasteiger charge is 2.30. The average molecular weight is 410 g/mol. The minimum Gasteiger partial charge on any atom is -0.320 e. The van der Waals surface area contributed by atoms with Crippen molar-refractivity contribution < 1.29 is 4.79 Å². The summed E-state index contributed by atoms with van der Waals surface area (Å²) in [7, 11) is 0. The maximum Gasteiger partial charge on any atom is 0.377 e. The van der Waals surface area contributed by atoms with E-state index in [0.29, 0.717) is 12.5 Å². The molecular formula is C18H21Cl2N5O2. The van der Waals surface area contributed by atoms with Gasteiger partial charge in [0.15, 0.2) is 0 Å². The van der Waals surface area contributed by atoms with Gasteiger partial charge in [-0.2, -0.15) is 4.68 Å². The molecule has 0 spiro atoms. The molecule has 0 aliphatic heterocycles. The third-order valence-electron chi connectivity index (χ3n) is 5.01. The summed E-state index contributed by atoms with van der Waals surface area (Å²) >= 11 is 12.3.